The second kappa shape index (κ2) is 5.09. The van der Waals surface area contributed by atoms with E-state index in [1.54, 1.807) is 0 Å². The standard InChI is InChI=1S/C11H12FNO4/c12-9-4-1-5-10(13(14)15)11(9)17-7-8-3-2-6-16-8/h1,4-5,8H,2-3,6-7H2/t8-/m0/s1. The van der Waals surface area contributed by atoms with Crippen molar-refractivity contribution >= 4 is 5.69 Å². The van der Waals surface area contributed by atoms with E-state index in [4.69, 9.17) is 9.47 Å². The Morgan fingerprint density at radius 2 is 2.41 bits per heavy atom. The average Bonchev–Trinajstić information content (AvgIpc) is 2.80. The highest BCUT2D eigenvalue weighted by molar-refractivity contribution is 5.46. The predicted molar refractivity (Wildman–Crippen MR) is 57.5 cm³/mol. The predicted octanol–water partition coefficient (Wildman–Crippen LogP) is 2.29. The normalized spacial score (nSPS) is 19.2. The molecule has 0 aliphatic carbocycles. The van der Waals surface area contributed by atoms with Crippen LogP contribution in [0.3, 0.4) is 0 Å². The summed E-state index contributed by atoms with van der Waals surface area (Å²) in [5.41, 5.74) is -0.358. The van der Waals surface area contributed by atoms with Gasteiger partial charge in [-0.2, -0.15) is 0 Å². The summed E-state index contributed by atoms with van der Waals surface area (Å²) in [5.74, 6) is -1.04. The summed E-state index contributed by atoms with van der Waals surface area (Å²) < 4.78 is 23.9. The van der Waals surface area contributed by atoms with E-state index in [0.717, 1.165) is 18.9 Å². The van der Waals surface area contributed by atoms with E-state index in [0.29, 0.717) is 6.61 Å². The molecule has 0 saturated carbocycles. The molecule has 0 radical (unpaired) electrons. The first-order chi connectivity index (χ1) is 8.18. The van der Waals surface area contributed by atoms with Gasteiger partial charge in [0.05, 0.1) is 11.0 Å². The first kappa shape index (κ1) is 11.8. The summed E-state index contributed by atoms with van der Waals surface area (Å²) in [6.45, 7) is 0.801. The van der Waals surface area contributed by atoms with Crippen molar-refractivity contribution in [2.75, 3.05) is 13.2 Å². The number of hydrogen-bond acceptors (Lipinski definition) is 4. The van der Waals surface area contributed by atoms with Gasteiger partial charge in [-0.15, -0.1) is 0 Å². The van der Waals surface area contributed by atoms with Gasteiger partial charge in [-0.05, 0) is 18.9 Å². The number of halogens is 1. The van der Waals surface area contributed by atoms with Crippen molar-refractivity contribution < 1.29 is 18.8 Å². The molecule has 0 aromatic heterocycles. The van der Waals surface area contributed by atoms with Crippen LogP contribution in [0.4, 0.5) is 10.1 Å². The Bertz CT molecular complexity index is 418. The minimum atomic E-state index is -0.725. The van der Waals surface area contributed by atoms with Crippen LogP contribution >= 0.6 is 0 Å². The third kappa shape index (κ3) is 2.71. The molecule has 1 fully saturated rings. The van der Waals surface area contributed by atoms with Crippen molar-refractivity contribution in [3.05, 3.63) is 34.1 Å². The number of ether oxygens (including phenoxy) is 2. The molecule has 5 nitrogen and oxygen atoms in total. The fraction of sp³-hybridized carbons (Fsp3) is 0.455. The molecule has 1 aliphatic heterocycles. The van der Waals surface area contributed by atoms with Crippen LogP contribution in [0.25, 0.3) is 0 Å². The number of nitrogens with zero attached hydrogens (tertiary/aromatic N) is 1. The van der Waals surface area contributed by atoms with Gasteiger partial charge in [-0.1, -0.05) is 6.07 Å². The van der Waals surface area contributed by atoms with Gasteiger partial charge in [0.15, 0.2) is 5.82 Å². The van der Waals surface area contributed by atoms with Crippen molar-refractivity contribution in [1.82, 2.24) is 0 Å². The Balaban J connectivity index is 2.10. The van der Waals surface area contributed by atoms with Gasteiger partial charge in [0.1, 0.15) is 6.61 Å². The molecule has 0 unspecified atom stereocenters. The minimum Gasteiger partial charge on any atom is -0.482 e. The molecular formula is C11H12FNO4. The molecule has 1 atom stereocenters. The monoisotopic (exact) mass is 241 g/mol. The molecule has 2 rings (SSSR count). The second-order valence-corrected chi connectivity index (χ2v) is 3.79. The van der Waals surface area contributed by atoms with Crippen LogP contribution < -0.4 is 4.74 Å². The third-order valence-corrected chi connectivity index (χ3v) is 2.58. The summed E-state index contributed by atoms with van der Waals surface area (Å²) in [6.07, 6.45) is 1.67. The van der Waals surface area contributed by atoms with E-state index in [9.17, 15) is 14.5 Å². The van der Waals surface area contributed by atoms with E-state index in [-0.39, 0.29) is 24.1 Å². The second-order valence-electron chi connectivity index (χ2n) is 3.79. The van der Waals surface area contributed by atoms with Crippen molar-refractivity contribution in [3.8, 4) is 5.75 Å². The molecule has 6 heteroatoms. The number of para-hydroxylation sites is 1. The zero-order valence-electron chi connectivity index (χ0n) is 9.10. The van der Waals surface area contributed by atoms with Crippen LogP contribution in [-0.2, 0) is 4.74 Å². The van der Waals surface area contributed by atoms with Gasteiger partial charge in [0, 0.05) is 12.7 Å². The molecular weight excluding hydrogens is 229 g/mol. The van der Waals surface area contributed by atoms with Crippen molar-refractivity contribution in [2.45, 2.75) is 18.9 Å². The Morgan fingerprint density at radius 1 is 1.59 bits per heavy atom. The van der Waals surface area contributed by atoms with Crippen LogP contribution in [0.1, 0.15) is 12.8 Å². The van der Waals surface area contributed by atoms with Gasteiger partial charge in [-0.3, -0.25) is 10.1 Å². The molecule has 0 spiro atoms. The van der Waals surface area contributed by atoms with Gasteiger partial charge in [0.25, 0.3) is 0 Å². The lowest BCUT2D eigenvalue weighted by Crippen LogP contribution is -2.17. The Morgan fingerprint density at radius 3 is 3.06 bits per heavy atom. The zero-order chi connectivity index (χ0) is 12.3. The number of nitro benzene ring substituents is 1. The van der Waals surface area contributed by atoms with Crippen LogP contribution in [0.5, 0.6) is 5.75 Å². The fourth-order valence-electron chi connectivity index (χ4n) is 1.74. The van der Waals surface area contributed by atoms with Gasteiger partial charge in [-0.25, -0.2) is 4.39 Å². The van der Waals surface area contributed by atoms with E-state index in [1.807, 2.05) is 0 Å². The molecule has 1 saturated heterocycles. The van der Waals surface area contributed by atoms with Gasteiger partial charge < -0.3 is 9.47 Å². The van der Waals surface area contributed by atoms with Crippen LogP contribution in [-0.4, -0.2) is 24.2 Å². The fourth-order valence-corrected chi connectivity index (χ4v) is 1.74. The smallest absolute Gasteiger partial charge is 0.314 e. The lowest BCUT2D eigenvalue weighted by atomic mass is 10.2. The first-order valence-electron chi connectivity index (χ1n) is 5.36. The Labute approximate surface area is 97.3 Å². The highest BCUT2D eigenvalue weighted by Crippen LogP contribution is 2.30. The maximum Gasteiger partial charge on any atom is 0.314 e. The molecule has 0 N–H and O–H groups in total. The molecule has 17 heavy (non-hydrogen) atoms. The number of rotatable bonds is 4. The van der Waals surface area contributed by atoms with Crippen molar-refractivity contribution in [2.24, 2.45) is 0 Å². The van der Waals surface area contributed by atoms with Crippen LogP contribution in [0.2, 0.25) is 0 Å². The minimum absolute atomic E-state index is 0.103. The van der Waals surface area contributed by atoms with Gasteiger partial charge in [0.2, 0.25) is 5.75 Å². The van der Waals surface area contributed by atoms with Crippen molar-refractivity contribution in [1.29, 1.82) is 0 Å². The molecule has 0 bridgehead atoms. The quantitative estimate of drug-likeness (QED) is 0.599. The average molecular weight is 241 g/mol. The molecule has 1 aromatic rings. The summed E-state index contributed by atoms with van der Waals surface area (Å²) >= 11 is 0. The largest absolute Gasteiger partial charge is 0.482 e. The molecule has 0 amide bonds. The molecule has 1 aromatic carbocycles. The van der Waals surface area contributed by atoms with Crippen molar-refractivity contribution in [3.63, 3.8) is 0 Å². The first-order valence-corrected chi connectivity index (χ1v) is 5.36. The van der Waals surface area contributed by atoms with E-state index < -0.39 is 10.7 Å². The van der Waals surface area contributed by atoms with Gasteiger partial charge >= 0.3 is 5.69 Å². The summed E-state index contributed by atoms with van der Waals surface area (Å²) in [5, 5.41) is 10.7. The third-order valence-electron chi connectivity index (χ3n) is 2.58. The topological polar surface area (TPSA) is 61.6 Å². The Kier molecular flexibility index (Phi) is 3.53. The highest BCUT2D eigenvalue weighted by atomic mass is 19.1. The maximum atomic E-state index is 13.4. The van der Waals surface area contributed by atoms with E-state index in [1.165, 1.54) is 12.1 Å². The number of hydrogen-bond donors (Lipinski definition) is 0. The number of nitro groups is 1. The lowest BCUT2D eigenvalue weighted by Gasteiger charge is -2.11. The lowest BCUT2D eigenvalue weighted by molar-refractivity contribution is -0.386. The zero-order valence-corrected chi connectivity index (χ0v) is 9.10. The van der Waals surface area contributed by atoms with Crippen LogP contribution in [0.15, 0.2) is 18.2 Å². The number of benzene rings is 1. The van der Waals surface area contributed by atoms with E-state index >= 15 is 0 Å². The highest BCUT2D eigenvalue weighted by Gasteiger charge is 2.22. The molecule has 92 valence electrons. The van der Waals surface area contributed by atoms with Crippen LogP contribution in [0, 0.1) is 15.9 Å². The summed E-state index contributed by atoms with van der Waals surface area (Å²) in [7, 11) is 0. The SMILES string of the molecule is O=[N+]([O-])c1cccc(F)c1OC[C@@H]1CCCO1. The maximum absolute atomic E-state index is 13.4. The summed E-state index contributed by atoms with van der Waals surface area (Å²) in [6, 6.07) is 3.64. The molecule has 1 heterocycles. The Hall–Kier alpha value is -1.69. The van der Waals surface area contributed by atoms with E-state index in [2.05, 4.69) is 0 Å². The summed E-state index contributed by atoms with van der Waals surface area (Å²) in [4.78, 5) is 10.0. The molecule has 1 aliphatic rings.